The van der Waals surface area contributed by atoms with E-state index in [0.717, 1.165) is 22.2 Å². The number of halogens is 2. The van der Waals surface area contributed by atoms with Crippen LogP contribution in [-0.2, 0) is 20.7 Å². The summed E-state index contributed by atoms with van der Waals surface area (Å²) in [6, 6.07) is 11.7. The summed E-state index contributed by atoms with van der Waals surface area (Å²) in [6.45, 7) is 1.44. The zero-order chi connectivity index (χ0) is 20.0. The van der Waals surface area contributed by atoms with Gasteiger partial charge in [-0.3, -0.25) is 4.79 Å². The number of esters is 1. The number of carbonyl (C=O) groups is 2. The van der Waals surface area contributed by atoms with Crippen LogP contribution in [0.4, 0.5) is 0 Å². The van der Waals surface area contributed by atoms with Gasteiger partial charge in [-0.15, -0.1) is 0 Å². The summed E-state index contributed by atoms with van der Waals surface area (Å²) in [7, 11) is 1.33. The standard InChI is InChI=1S/C21H18Cl2N2O3/c1-11(26)25-18(21(27)28-2)10-15-13-5-3-4-6-17(13)24-19(15)20(25)14-8-7-12(22)9-16(14)23/h3-9,18,20,24H,10H2,1-2H3/t18-,20+/m0/s1. The summed E-state index contributed by atoms with van der Waals surface area (Å²) >= 11 is 12.6. The first-order chi connectivity index (χ1) is 13.4. The van der Waals surface area contributed by atoms with E-state index in [9.17, 15) is 9.59 Å². The van der Waals surface area contributed by atoms with Gasteiger partial charge in [0, 0.05) is 40.0 Å². The number of aromatic amines is 1. The molecule has 5 nitrogen and oxygen atoms in total. The molecule has 0 saturated carbocycles. The Balaban J connectivity index is 2.01. The molecule has 0 fully saturated rings. The molecule has 1 N–H and O–H groups in total. The van der Waals surface area contributed by atoms with E-state index in [1.165, 1.54) is 14.0 Å². The number of nitrogens with zero attached hydrogens (tertiary/aromatic N) is 1. The number of hydrogen-bond donors (Lipinski definition) is 1. The van der Waals surface area contributed by atoms with E-state index < -0.39 is 18.1 Å². The zero-order valence-corrected chi connectivity index (χ0v) is 16.8. The molecule has 1 amide bonds. The maximum Gasteiger partial charge on any atom is 0.328 e. The highest BCUT2D eigenvalue weighted by atomic mass is 35.5. The summed E-state index contributed by atoms with van der Waals surface area (Å²) in [6.07, 6.45) is 0.368. The number of aromatic nitrogens is 1. The summed E-state index contributed by atoms with van der Waals surface area (Å²) in [5.74, 6) is -0.697. The fraction of sp³-hybridized carbons (Fsp3) is 0.238. The van der Waals surface area contributed by atoms with E-state index in [2.05, 4.69) is 4.98 Å². The molecule has 1 aromatic heterocycles. The number of amides is 1. The third-order valence-electron chi connectivity index (χ3n) is 5.23. The molecule has 2 aromatic carbocycles. The number of carbonyl (C=O) groups excluding carboxylic acids is 2. The van der Waals surface area contributed by atoms with Gasteiger partial charge in [0.25, 0.3) is 0 Å². The van der Waals surface area contributed by atoms with Gasteiger partial charge < -0.3 is 14.6 Å². The van der Waals surface area contributed by atoms with Crippen molar-refractivity contribution in [3.05, 3.63) is 69.3 Å². The third-order valence-corrected chi connectivity index (χ3v) is 5.79. The van der Waals surface area contributed by atoms with E-state index in [0.29, 0.717) is 22.0 Å². The SMILES string of the molecule is COC(=O)[C@@H]1Cc2c([nH]c3ccccc23)[C@@H](c2ccc(Cl)cc2Cl)N1C(C)=O. The van der Waals surface area contributed by atoms with Gasteiger partial charge >= 0.3 is 5.97 Å². The van der Waals surface area contributed by atoms with Crippen molar-refractivity contribution in [2.45, 2.75) is 25.4 Å². The van der Waals surface area contributed by atoms with Gasteiger partial charge in [-0.05, 0) is 29.3 Å². The first kappa shape index (κ1) is 18.8. The second kappa shape index (κ2) is 7.15. The molecule has 4 rings (SSSR count). The van der Waals surface area contributed by atoms with Gasteiger partial charge in [0.05, 0.1) is 13.2 Å². The van der Waals surface area contributed by atoms with Crippen LogP contribution in [0.25, 0.3) is 10.9 Å². The number of fused-ring (bicyclic) bond motifs is 3. The Labute approximate surface area is 172 Å². The average Bonchev–Trinajstić information content (AvgIpc) is 3.04. The predicted molar refractivity (Wildman–Crippen MR) is 109 cm³/mol. The second-order valence-corrected chi connectivity index (χ2v) is 7.64. The van der Waals surface area contributed by atoms with Gasteiger partial charge in [-0.25, -0.2) is 4.79 Å². The van der Waals surface area contributed by atoms with E-state index in [1.807, 2.05) is 24.3 Å². The van der Waals surface area contributed by atoms with Crippen molar-refractivity contribution in [1.82, 2.24) is 9.88 Å². The van der Waals surface area contributed by atoms with E-state index in [-0.39, 0.29) is 5.91 Å². The van der Waals surface area contributed by atoms with Gasteiger partial charge in [-0.1, -0.05) is 47.5 Å². The maximum atomic E-state index is 12.7. The monoisotopic (exact) mass is 416 g/mol. The number of methoxy groups -OCH3 is 1. The minimum Gasteiger partial charge on any atom is -0.467 e. The Morgan fingerprint density at radius 3 is 2.61 bits per heavy atom. The molecule has 0 bridgehead atoms. The smallest absolute Gasteiger partial charge is 0.328 e. The lowest BCUT2D eigenvalue weighted by Gasteiger charge is -2.40. The molecule has 1 aliphatic heterocycles. The van der Waals surface area contributed by atoms with E-state index >= 15 is 0 Å². The number of ether oxygens (including phenoxy) is 1. The topological polar surface area (TPSA) is 62.4 Å². The van der Waals surface area contributed by atoms with Crippen LogP contribution in [0.2, 0.25) is 10.0 Å². The summed E-state index contributed by atoms with van der Waals surface area (Å²) in [5.41, 5.74) is 3.47. The molecule has 1 aliphatic rings. The Morgan fingerprint density at radius 2 is 1.93 bits per heavy atom. The second-order valence-electron chi connectivity index (χ2n) is 6.80. The maximum absolute atomic E-state index is 12.7. The van der Waals surface area contributed by atoms with Crippen LogP contribution in [0.15, 0.2) is 42.5 Å². The quantitative estimate of drug-likeness (QED) is 0.625. The van der Waals surface area contributed by atoms with Gasteiger partial charge in [0.15, 0.2) is 0 Å². The molecule has 0 spiro atoms. The number of benzene rings is 2. The Hall–Kier alpha value is -2.50. The van der Waals surface area contributed by atoms with Crippen molar-refractivity contribution < 1.29 is 14.3 Å². The highest BCUT2D eigenvalue weighted by molar-refractivity contribution is 6.35. The van der Waals surface area contributed by atoms with Crippen molar-refractivity contribution in [3.63, 3.8) is 0 Å². The minimum absolute atomic E-state index is 0.240. The normalized spacial score (nSPS) is 18.8. The van der Waals surface area contributed by atoms with Gasteiger partial charge in [0.1, 0.15) is 6.04 Å². The van der Waals surface area contributed by atoms with E-state index in [1.54, 1.807) is 23.1 Å². The lowest BCUT2D eigenvalue weighted by Crippen LogP contribution is -2.51. The zero-order valence-electron chi connectivity index (χ0n) is 15.3. The molecule has 0 saturated heterocycles. The molecular formula is C21H18Cl2N2O3. The van der Waals surface area contributed by atoms with Crippen LogP contribution >= 0.6 is 23.2 Å². The van der Waals surface area contributed by atoms with Crippen LogP contribution in [0.1, 0.15) is 29.8 Å². The van der Waals surface area contributed by atoms with Crippen LogP contribution < -0.4 is 0 Å². The summed E-state index contributed by atoms with van der Waals surface area (Å²) in [5, 5.41) is 1.95. The number of rotatable bonds is 2. The first-order valence-corrected chi connectivity index (χ1v) is 9.59. The predicted octanol–water partition coefficient (Wildman–Crippen LogP) is 4.51. The first-order valence-electron chi connectivity index (χ1n) is 8.83. The number of hydrogen-bond acceptors (Lipinski definition) is 3. The molecule has 0 aliphatic carbocycles. The number of nitrogens with one attached hydrogen (secondary N) is 1. The molecule has 2 heterocycles. The third kappa shape index (κ3) is 2.95. The molecule has 0 unspecified atom stereocenters. The van der Waals surface area contributed by atoms with Gasteiger partial charge in [0.2, 0.25) is 5.91 Å². The molecular weight excluding hydrogens is 399 g/mol. The molecule has 3 aromatic rings. The van der Waals surface area contributed by atoms with Crippen molar-refractivity contribution in [3.8, 4) is 0 Å². The number of H-pyrrole nitrogens is 1. The molecule has 2 atom stereocenters. The summed E-state index contributed by atoms with van der Waals surface area (Å²) < 4.78 is 5.01. The van der Waals surface area contributed by atoms with Crippen LogP contribution in [0.3, 0.4) is 0 Å². The largest absolute Gasteiger partial charge is 0.467 e. The lowest BCUT2D eigenvalue weighted by atomic mass is 9.88. The van der Waals surface area contributed by atoms with Crippen molar-refractivity contribution in [2.24, 2.45) is 0 Å². The van der Waals surface area contributed by atoms with Crippen LogP contribution in [0.5, 0.6) is 0 Å². The number of para-hydroxylation sites is 1. The van der Waals surface area contributed by atoms with Crippen LogP contribution in [0, 0.1) is 0 Å². The highest BCUT2D eigenvalue weighted by Gasteiger charge is 2.43. The summed E-state index contributed by atoms with van der Waals surface area (Å²) in [4.78, 5) is 30.2. The lowest BCUT2D eigenvalue weighted by molar-refractivity contribution is -0.154. The Morgan fingerprint density at radius 1 is 1.18 bits per heavy atom. The van der Waals surface area contributed by atoms with Gasteiger partial charge in [-0.2, -0.15) is 0 Å². The minimum atomic E-state index is -0.744. The van der Waals surface area contributed by atoms with Crippen molar-refractivity contribution in [1.29, 1.82) is 0 Å². The average molecular weight is 417 g/mol. The molecule has 7 heteroatoms. The fourth-order valence-corrected chi connectivity index (χ4v) is 4.56. The molecule has 0 radical (unpaired) electrons. The highest BCUT2D eigenvalue weighted by Crippen LogP contribution is 2.43. The van der Waals surface area contributed by atoms with E-state index in [4.69, 9.17) is 27.9 Å². The Bertz CT molecular complexity index is 1090. The molecule has 144 valence electrons. The fourth-order valence-electron chi connectivity index (χ4n) is 4.05. The molecule has 28 heavy (non-hydrogen) atoms. The van der Waals surface area contributed by atoms with Crippen molar-refractivity contribution >= 4 is 46.0 Å². The van der Waals surface area contributed by atoms with Crippen LogP contribution in [-0.4, -0.2) is 34.9 Å². The Kier molecular flexibility index (Phi) is 4.81. The van der Waals surface area contributed by atoms with Crippen molar-refractivity contribution in [2.75, 3.05) is 7.11 Å².